The maximum Gasteiger partial charge on any atom is 0.233 e. The van der Waals surface area contributed by atoms with Crippen LogP contribution >= 0.6 is 11.8 Å². The predicted molar refractivity (Wildman–Crippen MR) is 74.8 cm³/mol. The lowest BCUT2D eigenvalue weighted by molar-refractivity contribution is -0.120. The molecule has 0 aromatic carbocycles. The highest BCUT2D eigenvalue weighted by atomic mass is 32.2. The van der Waals surface area contributed by atoms with Crippen LogP contribution in [0, 0.1) is 0 Å². The third kappa shape index (κ3) is 3.27. The number of nitrogens with one attached hydrogen (secondary N) is 1. The van der Waals surface area contributed by atoms with E-state index in [1.165, 1.54) is 11.8 Å². The topological polar surface area (TPSA) is 85.8 Å². The zero-order chi connectivity index (χ0) is 13.8. The number of amides is 1. The highest BCUT2D eigenvalue weighted by molar-refractivity contribution is 8.00. The van der Waals surface area contributed by atoms with Gasteiger partial charge in [0.1, 0.15) is 5.82 Å². The van der Waals surface area contributed by atoms with E-state index in [4.69, 9.17) is 5.73 Å². The Balaban J connectivity index is 2.17. The molecule has 1 amide bonds. The van der Waals surface area contributed by atoms with Crippen LogP contribution in [0.1, 0.15) is 45.0 Å². The van der Waals surface area contributed by atoms with E-state index < -0.39 is 0 Å². The molecular weight excluding hydrogens is 262 g/mol. The summed E-state index contributed by atoms with van der Waals surface area (Å²) in [6, 6.07) is 0.241. The molecule has 1 aliphatic rings. The summed E-state index contributed by atoms with van der Waals surface area (Å²) < 4.78 is 2.02. The van der Waals surface area contributed by atoms with Crippen LogP contribution in [-0.2, 0) is 11.3 Å². The summed E-state index contributed by atoms with van der Waals surface area (Å²) in [4.78, 5) is 12.0. The monoisotopic (exact) mass is 283 g/mol. The van der Waals surface area contributed by atoms with E-state index in [1.807, 2.05) is 4.57 Å². The van der Waals surface area contributed by atoms with Crippen LogP contribution in [0.15, 0.2) is 5.16 Å². The van der Waals surface area contributed by atoms with Gasteiger partial charge >= 0.3 is 0 Å². The number of carbonyl (C=O) groups is 1. The summed E-state index contributed by atoms with van der Waals surface area (Å²) in [7, 11) is 0. The van der Waals surface area contributed by atoms with Crippen molar-refractivity contribution in [3.05, 3.63) is 5.82 Å². The molecule has 1 aromatic heterocycles. The fraction of sp³-hybridized carbons (Fsp3) is 0.750. The maximum absolute atomic E-state index is 12.0. The third-order valence-electron chi connectivity index (χ3n) is 3.17. The fourth-order valence-electron chi connectivity index (χ4n) is 2.20. The lowest BCUT2D eigenvalue weighted by atomic mass is 10.2. The van der Waals surface area contributed by atoms with Crippen molar-refractivity contribution in [3.63, 3.8) is 0 Å². The second-order valence-corrected chi connectivity index (χ2v) is 6.13. The summed E-state index contributed by atoms with van der Waals surface area (Å²) >= 11 is 1.50. The average Bonchev–Trinajstić information content (AvgIpc) is 2.68. The molecule has 19 heavy (non-hydrogen) atoms. The predicted octanol–water partition coefficient (Wildman–Crippen LogP) is 1.08. The van der Waals surface area contributed by atoms with Crippen LogP contribution in [0.25, 0.3) is 0 Å². The van der Waals surface area contributed by atoms with Gasteiger partial charge in [-0.2, -0.15) is 0 Å². The molecule has 1 unspecified atom stereocenters. The first kappa shape index (κ1) is 14.3. The van der Waals surface area contributed by atoms with Crippen molar-refractivity contribution in [1.29, 1.82) is 0 Å². The first-order valence-corrected chi connectivity index (χ1v) is 7.59. The van der Waals surface area contributed by atoms with Crippen LogP contribution in [0.3, 0.4) is 0 Å². The Hall–Kier alpha value is -1.08. The van der Waals surface area contributed by atoms with E-state index in [9.17, 15) is 4.79 Å². The summed E-state index contributed by atoms with van der Waals surface area (Å²) in [5.41, 5.74) is 5.68. The summed E-state index contributed by atoms with van der Waals surface area (Å²) in [6.07, 6.45) is 3.00. The van der Waals surface area contributed by atoms with E-state index in [0.717, 1.165) is 36.8 Å². The van der Waals surface area contributed by atoms with Crippen LogP contribution in [-0.4, -0.2) is 32.5 Å². The Morgan fingerprint density at radius 2 is 2.26 bits per heavy atom. The van der Waals surface area contributed by atoms with Gasteiger partial charge in [-0.05, 0) is 26.7 Å². The Morgan fingerprint density at radius 1 is 1.47 bits per heavy atom. The molecule has 1 saturated heterocycles. The van der Waals surface area contributed by atoms with E-state index >= 15 is 0 Å². The van der Waals surface area contributed by atoms with Gasteiger partial charge in [0.15, 0.2) is 5.16 Å². The Bertz CT molecular complexity index is 445. The fourth-order valence-corrected chi connectivity index (χ4v) is 3.44. The number of thioether (sulfide) groups is 1. The van der Waals surface area contributed by atoms with Gasteiger partial charge in [-0.15, -0.1) is 10.2 Å². The molecule has 1 aliphatic heterocycles. The highest BCUT2D eigenvalue weighted by Crippen LogP contribution is 2.29. The second-order valence-electron chi connectivity index (χ2n) is 4.96. The SMILES string of the molecule is CC(C)n1c(CN)nnc1SC1CCCCNC1=O. The number of nitrogens with zero attached hydrogens (tertiary/aromatic N) is 3. The lowest BCUT2D eigenvalue weighted by Gasteiger charge is -2.16. The summed E-state index contributed by atoms with van der Waals surface area (Å²) in [5.74, 6) is 0.877. The Labute approximate surface area is 117 Å². The first-order valence-electron chi connectivity index (χ1n) is 6.71. The van der Waals surface area contributed by atoms with Crippen molar-refractivity contribution in [3.8, 4) is 0 Å². The average molecular weight is 283 g/mol. The van der Waals surface area contributed by atoms with Crippen molar-refractivity contribution in [2.45, 2.75) is 56.1 Å². The van der Waals surface area contributed by atoms with Crippen molar-refractivity contribution in [1.82, 2.24) is 20.1 Å². The minimum Gasteiger partial charge on any atom is -0.355 e. The molecule has 0 spiro atoms. The minimum absolute atomic E-state index is 0.0742. The van der Waals surface area contributed by atoms with Gasteiger partial charge in [0.2, 0.25) is 5.91 Å². The van der Waals surface area contributed by atoms with Crippen LogP contribution in [0.2, 0.25) is 0 Å². The normalized spacial score (nSPS) is 20.4. The summed E-state index contributed by atoms with van der Waals surface area (Å²) in [6.45, 7) is 5.28. The molecule has 0 bridgehead atoms. The molecule has 7 heteroatoms. The molecule has 0 aliphatic carbocycles. The van der Waals surface area contributed by atoms with Crippen molar-refractivity contribution in [2.75, 3.05) is 6.54 Å². The molecule has 3 N–H and O–H groups in total. The number of rotatable bonds is 4. The largest absolute Gasteiger partial charge is 0.355 e. The molecule has 106 valence electrons. The van der Waals surface area contributed by atoms with Crippen molar-refractivity contribution >= 4 is 17.7 Å². The zero-order valence-electron chi connectivity index (χ0n) is 11.4. The number of aromatic nitrogens is 3. The molecule has 2 heterocycles. The molecule has 0 saturated carbocycles. The van der Waals surface area contributed by atoms with E-state index in [1.54, 1.807) is 0 Å². The number of hydrogen-bond donors (Lipinski definition) is 2. The third-order valence-corrected chi connectivity index (χ3v) is 4.39. The Morgan fingerprint density at radius 3 is 2.95 bits per heavy atom. The number of hydrogen-bond acceptors (Lipinski definition) is 5. The number of carbonyl (C=O) groups excluding carboxylic acids is 1. The first-order chi connectivity index (χ1) is 9.13. The molecular formula is C12H21N5OS. The molecule has 1 atom stereocenters. The van der Waals surface area contributed by atoms with E-state index in [0.29, 0.717) is 6.54 Å². The van der Waals surface area contributed by atoms with E-state index in [2.05, 4.69) is 29.4 Å². The molecule has 6 nitrogen and oxygen atoms in total. The summed E-state index contributed by atoms with van der Waals surface area (Å²) in [5, 5.41) is 11.9. The van der Waals surface area contributed by atoms with E-state index in [-0.39, 0.29) is 17.2 Å². The van der Waals surface area contributed by atoms with Crippen LogP contribution in [0.4, 0.5) is 0 Å². The molecule has 1 fully saturated rings. The highest BCUT2D eigenvalue weighted by Gasteiger charge is 2.25. The second kappa shape index (κ2) is 6.38. The van der Waals surface area contributed by atoms with Crippen LogP contribution in [0.5, 0.6) is 0 Å². The van der Waals surface area contributed by atoms with Crippen LogP contribution < -0.4 is 11.1 Å². The van der Waals surface area contributed by atoms with Crippen molar-refractivity contribution < 1.29 is 4.79 Å². The molecule has 0 radical (unpaired) electrons. The van der Waals surface area contributed by atoms with Gasteiger partial charge in [-0.1, -0.05) is 18.2 Å². The van der Waals surface area contributed by atoms with Gasteiger partial charge in [-0.3, -0.25) is 4.79 Å². The van der Waals surface area contributed by atoms with Gasteiger partial charge in [0, 0.05) is 12.6 Å². The molecule has 2 rings (SSSR count). The molecule has 1 aromatic rings. The van der Waals surface area contributed by atoms with Crippen molar-refractivity contribution in [2.24, 2.45) is 5.73 Å². The van der Waals surface area contributed by atoms with Gasteiger partial charge in [0.25, 0.3) is 0 Å². The van der Waals surface area contributed by atoms with Gasteiger partial charge in [-0.25, -0.2) is 0 Å². The number of nitrogens with two attached hydrogens (primary N) is 1. The zero-order valence-corrected chi connectivity index (χ0v) is 12.2. The minimum atomic E-state index is -0.0742. The quantitative estimate of drug-likeness (QED) is 0.863. The standard InChI is InChI=1S/C12H21N5OS/c1-8(2)17-10(7-13)15-16-12(17)19-9-5-3-4-6-14-11(9)18/h8-9H,3-7,13H2,1-2H3,(H,14,18). The smallest absolute Gasteiger partial charge is 0.233 e. The Kier molecular flexibility index (Phi) is 4.81. The van der Waals surface area contributed by atoms with Gasteiger partial charge < -0.3 is 15.6 Å². The van der Waals surface area contributed by atoms with Gasteiger partial charge in [0.05, 0.1) is 11.8 Å². The lowest BCUT2D eigenvalue weighted by Crippen LogP contribution is -2.31. The maximum atomic E-state index is 12.0.